The molecule has 1 aromatic carbocycles. The predicted octanol–water partition coefficient (Wildman–Crippen LogP) is 2.00. The number of piperidine rings is 1. The number of aryl methyl sites for hydroxylation is 1. The van der Waals surface area contributed by atoms with Gasteiger partial charge < -0.3 is 14.2 Å². The van der Waals surface area contributed by atoms with E-state index in [4.69, 9.17) is 4.74 Å². The molecule has 1 amide bonds. The summed E-state index contributed by atoms with van der Waals surface area (Å²) < 4.78 is 33.2. The lowest BCUT2D eigenvalue weighted by Gasteiger charge is -2.45. The predicted molar refractivity (Wildman–Crippen MR) is 97.1 cm³/mol. The lowest BCUT2D eigenvalue weighted by molar-refractivity contribution is -0.178. The van der Waals surface area contributed by atoms with Gasteiger partial charge in [-0.05, 0) is 43.4 Å². The Morgan fingerprint density at radius 2 is 2.00 bits per heavy atom. The first kappa shape index (κ1) is 18.1. The number of amides is 1. The van der Waals surface area contributed by atoms with Gasteiger partial charge in [0.1, 0.15) is 5.60 Å². The fraction of sp³-hybridized carbons (Fsp3) is 0.632. The Bertz CT molecular complexity index is 741. The minimum atomic E-state index is -3.53. The van der Waals surface area contributed by atoms with Crippen molar-refractivity contribution in [2.75, 3.05) is 32.8 Å². The molecule has 2 heterocycles. The van der Waals surface area contributed by atoms with E-state index in [1.54, 1.807) is 18.2 Å². The molecule has 0 radical (unpaired) electrons. The molecular weight excluding hydrogens is 352 g/mol. The molecule has 0 aromatic heterocycles. The van der Waals surface area contributed by atoms with Crippen molar-refractivity contribution in [3.05, 3.63) is 29.8 Å². The third-order valence-electron chi connectivity index (χ3n) is 5.75. The van der Waals surface area contributed by atoms with E-state index in [1.807, 2.05) is 17.9 Å². The Hall–Kier alpha value is -1.28. The van der Waals surface area contributed by atoms with Crippen LogP contribution < -0.4 is 0 Å². The minimum absolute atomic E-state index is 0.0586. The Balaban J connectivity index is 1.46. The zero-order valence-electron chi connectivity index (χ0n) is 15.2. The molecule has 6 nitrogen and oxygen atoms in total. The van der Waals surface area contributed by atoms with E-state index >= 15 is 0 Å². The first-order valence-corrected chi connectivity index (χ1v) is 10.8. The van der Waals surface area contributed by atoms with Crippen LogP contribution in [0.5, 0.6) is 0 Å². The van der Waals surface area contributed by atoms with Crippen LogP contribution >= 0.6 is 0 Å². The van der Waals surface area contributed by atoms with Gasteiger partial charge in [-0.25, -0.2) is 0 Å². The zero-order valence-corrected chi connectivity index (χ0v) is 16.0. The summed E-state index contributed by atoms with van der Waals surface area (Å²) in [5, 5.41) is 0. The summed E-state index contributed by atoms with van der Waals surface area (Å²) in [7, 11) is -3.53. The minimum Gasteiger partial charge on any atom is -0.593 e. The summed E-state index contributed by atoms with van der Waals surface area (Å²) in [4.78, 5) is 15.2. The van der Waals surface area contributed by atoms with Gasteiger partial charge in [-0.2, -0.15) is 0 Å². The fourth-order valence-corrected chi connectivity index (χ4v) is 5.51. The van der Waals surface area contributed by atoms with Crippen LogP contribution in [0.3, 0.4) is 0 Å². The lowest BCUT2D eigenvalue weighted by Crippen LogP contribution is -2.61. The topological polar surface area (TPSA) is 72.9 Å². The number of ether oxygens (including phenoxy) is 1. The van der Waals surface area contributed by atoms with Gasteiger partial charge in [-0.3, -0.25) is 4.79 Å². The number of hydrogen-bond acceptors (Lipinski definition) is 4. The monoisotopic (exact) mass is 378 g/mol. The number of hydrogen-bond donors (Lipinski definition) is 0. The molecule has 2 saturated heterocycles. The van der Waals surface area contributed by atoms with Crippen LogP contribution in [0, 0.1) is 12.8 Å². The van der Waals surface area contributed by atoms with Crippen molar-refractivity contribution in [3.8, 4) is 0 Å². The molecule has 1 aliphatic carbocycles. The number of rotatable bonds is 4. The highest BCUT2D eigenvalue weighted by atomic mass is 32.3. The Kier molecular flexibility index (Phi) is 4.67. The highest BCUT2D eigenvalue weighted by Crippen LogP contribution is 2.37. The van der Waals surface area contributed by atoms with E-state index in [2.05, 4.69) is 0 Å². The van der Waals surface area contributed by atoms with Gasteiger partial charge in [0.2, 0.25) is 0 Å². The average Bonchev–Trinajstić information content (AvgIpc) is 3.44. The zero-order chi connectivity index (χ0) is 18.4. The number of morpholine rings is 1. The molecule has 1 spiro atoms. The molecule has 1 atom stereocenters. The molecule has 1 unspecified atom stereocenters. The molecule has 3 fully saturated rings. The summed E-state index contributed by atoms with van der Waals surface area (Å²) in [6, 6.07) is 6.97. The second-order valence-corrected chi connectivity index (χ2v) is 9.70. The molecule has 3 aliphatic rings. The van der Waals surface area contributed by atoms with Crippen LogP contribution in [-0.2, 0) is 24.1 Å². The summed E-state index contributed by atoms with van der Waals surface area (Å²) in [6.45, 7) is 4.55. The Morgan fingerprint density at radius 3 is 2.65 bits per heavy atom. The molecule has 1 saturated carbocycles. The first-order valence-electron chi connectivity index (χ1n) is 9.41. The van der Waals surface area contributed by atoms with Gasteiger partial charge in [0, 0.05) is 39.0 Å². The maximum atomic E-state index is 13.0. The molecule has 1 aromatic rings. The van der Waals surface area contributed by atoms with Crippen LogP contribution in [0.1, 0.15) is 31.2 Å². The Morgan fingerprint density at radius 1 is 1.27 bits per heavy atom. The van der Waals surface area contributed by atoms with Crippen LogP contribution in [0.25, 0.3) is 0 Å². The smallest absolute Gasteiger partial charge is 0.255 e. The highest BCUT2D eigenvalue weighted by molar-refractivity contribution is 7.95. The van der Waals surface area contributed by atoms with Crippen molar-refractivity contribution in [2.45, 2.75) is 43.1 Å². The van der Waals surface area contributed by atoms with Crippen molar-refractivity contribution < 1.29 is 18.3 Å². The van der Waals surface area contributed by atoms with E-state index in [-0.39, 0.29) is 5.91 Å². The summed E-state index contributed by atoms with van der Waals surface area (Å²) >= 11 is 0. The molecule has 2 aliphatic heterocycles. The molecule has 26 heavy (non-hydrogen) atoms. The van der Waals surface area contributed by atoms with Crippen LogP contribution in [0.15, 0.2) is 29.2 Å². The van der Waals surface area contributed by atoms with Gasteiger partial charge in [-0.1, -0.05) is 16.3 Å². The molecule has 7 heteroatoms. The highest BCUT2D eigenvalue weighted by Gasteiger charge is 2.50. The van der Waals surface area contributed by atoms with E-state index in [0.29, 0.717) is 49.9 Å². The second-order valence-electron chi connectivity index (χ2n) is 7.76. The van der Waals surface area contributed by atoms with E-state index in [1.165, 1.54) is 17.1 Å². The number of carbonyl (C=O) groups is 1. The van der Waals surface area contributed by atoms with Gasteiger partial charge in [0.15, 0.2) is 15.3 Å². The van der Waals surface area contributed by atoms with Gasteiger partial charge >= 0.3 is 0 Å². The van der Waals surface area contributed by atoms with E-state index in [9.17, 15) is 13.6 Å². The average molecular weight is 378 g/mol. The quantitative estimate of drug-likeness (QED) is 0.751. The molecule has 4 rings (SSSR count). The molecular formula is C19H26N2O4S. The molecule has 0 N–H and O–H groups in total. The molecule has 0 bridgehead atoms. The van der Waals surface area contributed by atoms with Crippen LogP contribution in [-0.4, -0.2) is 58.1 Å². The fourth-order valence-electron chi connectivity index (χ4n) is 3.96. The number of carbonyl (C=O) groups excluding carboxylic acids is 1. The SMILES string of the molecule is Cc1cccc([S+](=O)([O-])N2CCC3(CC2)OCCN(CC2CC2)C3=O)c1. The third-order valence-corrected chi connectivity index (χ3v) is 7.64. The number of benzene rings is 1. The van der Waals surface area contributed by atoms with Gasteiger partial charge in [0.25, 0.3) is 5.91 Å². The maximum absolute atomic E-state index is 13.0. The van der Waals surface area contributed by atoms with E-state index < -0.39 is 16.0 Å². The van der Waals surface area contributed by atoms with Gasteiger partial charge in [-0.15, -0.1) is 4.31 Å². The standard InChI is InChI=1S/C19H26N2O4S/c1-15-3-2-4-17(13-15)26(23,24)21-9-7-19(8-10-21)18(22)20(11-12-25-19)14-16-5-6-16/h2-4,13,16H,5-12,14H2,1H3. The van der Waals surface area contributed by atoms with Crippen molar-refractivity contribution in [1.82, 2.24) is 9.21 Å². The van der Waals surface area contributed by atoms with Crippen molar-refractivity contribution in [2.24, 2.45) is 5.92 Å². The van der Waals surface area contributed by atoms with E-state index in [0.717, 1.165) is 12.1 Å². The van der Waals surface area contributed by atoms with Crippen LogP contribution in [0.4, 0.5) is 0 Å². The largest absolute Gasteiger partial charge is 0.593 e. The lowest BCUT2D eigenvalue weighted by atomic mass is 9.89. The normalized spacial score (nSPS) is 26.1. The van der Waals surface area contributed by atoms with Crippen LogP contribution in [0.2, 0.25) is 0 Å². The number of nitrogens with zero attached hydrogens (tertiary/aromatic N) is 2. The number of sulfonamides is 1. The van der Waals surface area contributed by atoms with Crippen molar-refractivity contribution in [1.29, 1.82) is 0 Å². The third kappa shape index (κ3) is 3.33. The first-order chi connectivity index (χ1) is 12.4. The van der Waals surface area contributed by atoms with Crippen molar-refractivity contribution >= 4 is 16.3 Å². The summed E-state index contributed by atoms with van der Waals surface area (Å²) in [6.07, 6.45) is 3.27. The summed E-state index contributed by atoms with van der Waals surface area (Å²) in [5.41, 5.74) is 0.0900. The maximum Gasteiger partial charge on any atom is 0.255 e. The summed E-state index contributed by atoms with van der Waals surface area (Å²) in [5.74, 6) is 0.708. The van der Waals surface area contributed by atoms with Gasteiger partial charge in [0.05, 0.1) is 6.61 Å². The van der Waals surface area contributed by atoms with Crippen molar-refractivity contribution in [3.63, 3.8) is 0 Å². The second kappa shape index (κ2) is 6.71. The Labute approximate surface area is 155 Å². The molecule has 142 valence electrons.